The van der Waals surface area contributed by atoms with Crippen LogP contribution in [0.3, 0.4) is 0 Å². The number of nitrogens with zero attached hydrogens (tertiary/aromatic N) is 6. The molecule has 0 saturated carbocycles. The number of aryl methyl sites for hydroxylation is 2. The maximum absolute atomic E-state index is 12.3. The molecule has 0 unspecified atom stereocenters. The number of aromatic nitrogens is 4. The van der Waals surface area contributed by atoms with E-state index < -0.39 is 0 Å². The molecule has 116 valence electrons. The molecule has 7 nitrogen and oxygen atoms in total. The molecule has 1 fully saturated rings. The Balaban J connectivity index is 1.47. The molecule has 0 aromatic carbocycles. The van der Waals surface area contributed by atoms with Crippen LogP contribution in [-0.4, -0.2) is 56.7 Å². The van der Waals surface area contributed by atoms with Crippen LogP contribution in [-0.2, 0) is 11.3 Å². The van der Waals surface area contributed by atoms with Crippen LogP contribution in [0, 0.1) is 6.92 Å². The van der Waals surface area contributed by atoms with Gasteiger partial charge in [-0.15, -0.1) is 0 Å². The normalized spacial score (nSPS) is 15.1. The van der Waals surface area contributed by atoms with E-state index in [1.54, 1.807) is 18.5 Å². The lowest BCUT2D eigenvalue weighted by Crippen LogP contribution is -2.49. The SMILES string of the molecule is Cc1ccn(CCC(=O)N2CCN(c3ncccn3)CC2)n1. The van der Waals surface area contributed by atoms with E-state index in [1.807, 2.05) is 28.8 Å². The Kier molecular flexibility index (Phi) is 4.32. The van der Waals surface area contributed by atoms with Gasteiger partial charge in [0.2, 0.25) is 11.9 Å². The van der Waals surface area contributed by atoms with Crippen LogP contribution in [0.15, 0.2) is 30.7 Å². The Morgan fingerprint density at radius 2 is 1.91 bits per heavy atom. The van der Waals surface area contributed by atoms with Crippen LogP contribution in [0.25, 0.3) is 0 Å². The second kappa shape index (κ2) is 6.55. The van der Waals surface area contributed by atoms with E-state index >= 15 is 0 Å². The van der Waals surface area contributed by atoms with Gasteiger partial charge in [-0.2, -0.15) is 5.10 Å². The molecule has 0 aliphatic carbocycles. The average Bonchev–Trinajstić information content (AvgIpc) is 2.99. The summed E-state index contributed by atoms with van der Waals surface area (Å²) in [6.45, 7) is 5.57. The fourth-order valence-electron chi connectivity index (χ4n) is 2.57. The molecule has 0 radical (unpaired) electrons. The number of hydrogen-bond donors (Lipinski definition) is 0. The number of rotatable bonds is 4. The van der Waals surface area contributed by atoms with Crippen molar-refractivity contribution in [3.05, 3.63) is 36.4 Å². The zero-order chi connectivity index (χ0) is 15.4. The zero-order valence-electron chi connectivity index (χ0n) is 12.7. The highest BCUT2D eigenvalue weighted by Gasteiger charge is 2.22. The van der Waals surface area contributed by atoms with Gasteiger partial charge in [0.25, 0.3) is 0 Å². The molecule has 1 amide bonds. The van der Waals surface area contributed by atoms with Gasteiger partial charge >= 0.3 is 0 Å². The summed E-state index contributed by atoms with van der Waals surface area (Å²) in [5, 5.41) is 4.30. The first-order valence-corrected chi connectivity index (χ1v) is 7.52. The molecular weight excluding hydrogens is 280 g/mol. The zero-order valence-corrected chi connectivity index (χ0v) is 12.7. The smallest absolute Gasteiger partial charge is 0.225 e. The van der Waals surface area contributed by atoms with Crippen LogP contribution < -0.4 is 4.90 Å². The quantitative estimate of drug-likeness (QED) is 0.832. The van der Waals surface area contributed by atoms with E-state index in [-0.39, 0.29) is 5.91 Å². The Labute approximate surface area is 129 Å². The molecule has 1 saturated heterocycles. The summed E-state index contributed by atoms with van der Waals surface area (Å²) in [4.78, 5) is 24.8. The second-order valence-corrected chi connectivity index (χ2v) is 5.39. The molecule has 0 atom stereocenters. The Morgan fingerprint density at radius 1 is 1.18 bits per heavy atom. The van der Waals surface area contributed by atoms with Gasteiger partial charge in [-0.1, -0.05) is 0 Å². The monoisotopic (exact) mass is 300 g/mol. The molecule has 7 heteroatoms. The van der Waals surface area contributed by atoms with Crippen molar-refractivity contribution in [3.63, 3.8) is 0 Å². The molecule has 0 bridgehead atoms. The van der Waals surface area contributed by atoms with Crippen molar-refractivity contribution in [1.82, 2.24) is 24.6 Å². The van der Waals surface area contributed by atoms with Crippen molar-refractivity contribution in [2.75, 3.05) is 31.1 Å². The predicted octanol–water partition coefficient (Wildman–Crippen LogP) is 0.720. The van der Waals surface area contributed by atoms with Crippen LogP contribution >= 0.6 is 0 Å². The summed E-state index contributed by atoms with van der Waals surface area (Å²) in [5.74, 6) is 0.920. The summed E-state index contributed by atoms with van der Waals surface area (Å²) in [7, 11) is 0. The summed E-state index contributed by atoms with van der Waals surface area (Å²) in [6, 6.07) is 3.75. The number of anilines is 1. The van der Waals surface area contributed by atoms with Crippen molar-refractivity contribution < 1.29 is 4.79 Å². The topological polar surface area (TPSA) is 67.2 Å². The fraction of sp³-hybridized carbons (Fsp3) is 0.467. The Hall–Kier alpha value is -2.44. The highest BCUT2D eigenvalue weighted by atomic mass is 16.2. The largest absolute Gasteiger partial charge is 0.339 e. The average molecular weight is 300 g/mol. The molecule has 1 aliphatic rings. The van der Waals surface area contributed by atoms with Gasteiger partial charge in [0, 0.05) is 57.7 Å². The molecule has 2 aromatic heterocycles. The third kappa shape index (κ3) is 3.41. The van der Waals surface area contributed by atoms with Crippen molar-refractivity contribution >= 4 is 11.9 Å². The van der Waals surface area contributed by atoms with Gasteiger partial charge in [0.1, 0.15) is 0 Å². The maximum atomic E-state index is 12.3. The van der Waals surface area contributed by atoms with E-state index in [0.29, 0.717) is 13.0 Å². The van der Waals surface area contributed by atoms with Gasteiger partial charge in [0.15, 0.2) is 0 Å². The molecule has 0 spiro atoms. The van der Waals surface area contributed by atoms with Crippen molar-refractivity contribution in [1.29, 1.82) is 0 Å². The minimum atomic E-state index is 0.182. The van der Waals surface area contributed by atoms with Crippen LogP contribution in [0.4, 0.5) is 5.95 Å². The van der Waals surface area contributed by atoms with E-state index in [4.69, 9.17) is 0 Å². The first-order valence-electron chi connectivity index (χ1n) is 7.52. The predicted molar refractivity (Wildman–Crippen MR) is 82.4 cm³/mol. The number of amides is 1. The van der Waals surface area contributed by atoms with E-state index in [0.717, 1.165) is 37.8 Å². The Bertz CT molecular complexity index is 618. The van der Waals surface area contributed by atoms with Gasteiger partial charge < -0.3 is 9.80 Å². The molecule has 0 N–H and O–H groups in total. The van der Waals surface area contributed by atoms with E-state index in [9.17, 15) is 4.79 Å². The number of piperazine rings is 1. The highest BCUT2D eigenvalue weighted by molar-refractivity contribution is 5.76. The molecule has 2 aromatic rings. The number of hydrogen-bond acceptors (Lipinski definition) is 5. The minimum absolute atomic E-state index is 0.182. The molecular formula is C15H20N6O. The molecule has 1 aliphatic heterocycles. The van der Waals surface area contributed by atoms with E-state index in [1.165, 1.54) is 0 Å². The number of carbonyl (C=O) groups is 1. The Morgan fingerprint density at radius 3 is 2.55 bits per heavy atom. The summed E-state index contributed by atoms with van der Waals surface area (Å²) in [6.07, 6.45) is 5.88. The van der Waals surface area contributed by atoms with Crippen LogP contribution in [0.1, 0.15) is 12.1 Å². The third-order valence-electron chi connectivity index (χ3n) is 3.80. The molecule has 22 heavy (non-hydrogen) atoms. The van der Waals surface area contributed by atoms with Gasteiger partial charge in [0.05, 0.1) is 5.69 Å². The standard InChI is InChI=1S/C15H20N6O/c1-13-3-7-21(18-13)8-4-14(22)19-9-11-20(12-10-19)15-16-5-2-6-17-15/h2-3,5-7H,4,8-12H2,1H3. The lowest BCUT2D eigenvalue weighted by Gasteiger charge is -2.34. The van der Waals surface area contributed by atoms with Crippen molar-refractivity contribution in [3.8, 4) is 0 Å². The van der Waals surface area contributed by atoms with Crippen molar-refractivity contribution in [2.45, 2.75) is 19.9 Å². The van der Waals surface area contributed by atoms with Crippen LogP contribution in [0.5, 0.6) is 0 Å². The third-order valence-corrected chi connectivity index (χ3v) is 3.80. The first-order chi connectivity index (χ1) is 10.7. The van der Waals surface area contributed by atoms with Gasteiger partial charge in [-0.25, -0.2) is 9.97 Å². The first kappa shape index (κ1) is 14.5. The summed E-state index contributed by atoms with van der Waals surface area (Å²) in [5.41, 5.74) is 0.976. The van der Waals surface area contributed by atoms with E-state index in [2.05, 4.69) is 20.0 Å². The summed E-state index contributed by atoms with van der Waals surface area (Å²) < 4.78 is 1.82. The minimum Gasteiger partial charge on any atom is -0.339 e. The summed E-state index contributed by atoms with van der Waals surface area (Å²) >= 11 is 0. The molecule has 3 rings (SSSR count). The van der Waals surface area contributed by atoms with Gasteiger partial charge in [-0.3, -0.25) is 9.48 Å². The lowest BCUT2D eigenvalue weighted by atomic mass is 10.3. The highest BCUT2D eigenvalue weighted by Crippen LogP contribution is 2.10. The molecule has 3 heterocycles. The number of carbonyl (C=O) groups excluding carboxylic acids is 1. The maximum Gasteiger partial charge on any atom is 0.225 e. The fourth-order valence-corrected chi connectivity index (χ4v) is 2.57. The lowest BCUT2D eigenvalue weighted by molar-refractivity contribution is -0.131. The van der Waals surface area contributed by atoms with Crippen LogP contribution in [0.2, 0.25) is 0 Å². The second-order valence-electron chi connectivity index (χ2n) is 5.39. The van der Waals surface area contributed by atoms with Crippen molar-refractivity contribution in [2.24, 2.45) is 0 Å². The van der Waals surface area contributed by atoms with Gasteiger partial charge in [-0.05, 0) is 19.1 Å².